The van der Waals surface area contributed by atoms with E-state index in [1.54, 1.807) is 0 Å². The van der Waals surface area contributed by atoms with Crippen LogP contribution in [0, 0.1) is 5.92 Å². The fourth-order valence-corrected chi connectivity index (χ4v) is 1.93. The molecule has 1 unspecified atom stereocenters. The third kappa shape index (κ3) is 7.15. The summed E-state index contributed by atoms with van der Waals surface area (Å²) < 4.78 is 0. The number of nitrogens with one attached hydrogen (secondary N) is 1. The van der Waals surface area contributed by atoms with E-state index in [0.29, 0.717) is 6.04 Å². The lowest BCUT2D eigenvalue weighted by Crippen LogP contribution is -2.34. The molecule has 0 aliphatic rings. The highest BCUT2D eigenvalue weighted by Gasteiger charge is 2.08. The Morgan fingerprint density at radius 2 is 2.15 bits per heavy atom. The topological polar surface area (TPSA) is 12.0 Å². The molecule has 0 spiro atoms. The highest BCUT2D eigenvalue weighted by Crippen LogP contribution is 2.05. The Morgan fingerprint density at radius 3 is 2.62 bits per heavy atom. The van der Waals surface area contributed by atoms with Crippen LogP contribution >= 0.6 is 11.8 Å². The average molecular weight is 201 g/mol. The summed E-state index contributed by atoms with van der Waals surface area (Å²) in [7, 11) is 0. The molecular formula is C11H23NS. The first kappa shape index (κ1) is 13.1. The molecule has 13 heavy (non-hydrogen) atoms. The summed E-state index contributed by atoms with van der Waals surface area (Å²) in [5, 5.41) is 3.57. The Kier molecular flexibility index (Phi) is 8.67. The van der Waals surface area contributed by atoms with Crippen LogP contribution in [0.2, 0.25) is 0 Å². The monoisotopic (exact) mass is 201 g/mol. The van der Waals surface area contributed by atoms with E-state index in [-0.39, 0.29) is 0 Å². The quantitative estimate of drug-likeness (QED) is 0.479. The van der Waals surface area contributed by atoms with Gasteiger partial charge in [-0.3, -0.25) is 0 Å². The fraction of sp³-hybridized carbons (Fsp3) is 0.818. The first-order valence-corrected chi connectivity index (χ1v) is 6.29. The maximum absolute atomic E-state index is 3.70. The Labute approximate surface area is 87.4 Å². The molecule has 0 amide bonds. The van der Waals surface area contributed by atoms with Crippen LogP contribution in [0.3, 0.4) is 0 Å². The molecule has 1 atom stereocenters. The van der Waals surface area contributed by atoms with E-state index in [1.807, 2.05) is 17.8 Å². The molecule has 1 nitrogen and oxygen atoms in total. The van der Waals surface area contributed by atoms with Gasteiger partial charge in [0.05, 0.1) is 0 Å². The maximum atomic E-state index is 3.70. The minimum Gasteiger partial charge on any atom is -0.313 e. The van der Waals surface area contributed by atoms with E-state index in [2.05, 4.69) is 32.7 Å². The molecule has 0 bridgehead atoms. The Morgan fingerprint density at radius 1 is 1.46 bits per heavy atom. The molecule has 0 aliphatic carbocycles. The standard InChI is InChI=1S/C11H23NS/c1-5-8-13-9-7-12-11(6-2)10(3)4/h5,10-12H,1,6-9H2,2-4H3. The predicted molar refractivity (Wildman–Crippen MR) is 64.4 cm³/mol. The van der Waals surface area contributed by atoms with Crippen molar-refractivity contribution in [3.05, 3.63) is 12.7 Å². The number of hydrogen-bond acceptors (Lipinski definition) is 2. The smallest absolute Gasteiger partial charge is 0.0111 e. The SMILES string of the molecule is C=CCSCCNC(CC)C(C)C. The summed E-state index contributed by atoms with van der Waals surface area (Å²) in [4.78, 5) is 0. The van der Waals surface area contributed by atoms with Crippen molar-refractivity contribution in [2.45, 2.75) is 33.2 Å². The van der Waals surface area contributed by atoms with E-state index >= 15 is 0 Å². The molecule has 0 radical (unpaired) electrons. The van der Waals surface area contributed by atoms with Gasteiger partial charge in [0.15, 0.2) is 0 Å². The molecule has 0 heterocycles. The van der Waals surface area contributed by atoms with E-state index in [4.69, 9.17) is 0 Å². The van der Waals surface area contributed by atoms with Crippen molar-refractivity contribution >= 4 is 11.8 Å². The molecule has 0 aliphatic heterocycles. The lowest BCUT2D eigenvalue weighted by atomic mass is 10.0. The van der Waals surface area contributed by atoms with Crippen LogP contribution in [0.25, 0.3) is 0 Å². The third-order valence-corrected chi connectivity index (χ3v) is 3.10. The Balaban J connectivity index is 3.33. The van der Waals surface area contributed by atoms with Gasteiger partial charge in [0.25, 0.3) is 0 Å². The largest absolute Gasteiger partial charge is 0.313 e. The third-order valence-electron chi connectivity index (χ3n) is 2.13. The van der Waals surface area contributed by atoms with Crippen molar-refractivity contribution in [2.75, 3.05) is 18.1 Å². The summed E-state index contributed by atoms with van der Waals surface area (Å²) >= 11 is 1.94. The molecule has 1 N–H and O–H groups in total. The molecule has 0 saturated heterocycles. The zero-order valence-electron chi connectivity index (χ0n) is 9.18. The first-order chi connectivity index (χ1) is 6.22. The van der Waals surface area contributed by atoms with E-state index in [1.165, 1.54) is 12.2 Å². The summed E-state index contributed by atoms with van der Waals surface area (Å²) in [5.41, 5.74) is 0. The number of thioether (sulfide) groups is 1. The van der Waals surface area contributed by atoms with Gasteiger partial charge in [0, 0.05) is 24.1 Å². The second-order valence-electron chi connectivity index (χ2n) is 3.58. The summed E-state index contributed by atoms with van der Waals surface area (Å²) in [6.45, 7) is 11.6. The van der Waals surface area contributed by atoms with Gasteiger partial charge in [-0.1, -0.05) is 26.8 Å². The van der Waals surface area contributed by atoms with Crippen LogP contribution in [-0.4, -0.2) is 24.1 Å². The van der Waals surface area contributed by atoms with Gasteiger partial charge in [-0.15, -0.1) is 6.58 Å². The zero-order chi connectivity index (χ0) is 10.1. The van der Waals surface area contributed by atoms with Crippen molar-refractivity contribution in [1.82, 2.24) is 5.32 Å². The number of hydrogen-bond donors (Lipinski definition) is 1. The Hall–Kier alpha value is 0.0500. The maximum Gasteiger partial charge on any atom is 0.0111 e. The summed E-state index contributed by atoms with van der Waals surface area (Å²) in [6, 6.07) is 0.685. The molecule has 0 saturated carbocycles. The van der Waals surface area contributed by atoms with Crippen LogP contribution in [0.4, 0.5) is 0 Å². The van der Waals surface area contributed by atoms with E-state index in [0.717, 1.165) is 18.2 Å². The van der Waals surface area contributed by atoms with Crippen LogP contribution < -0.4 is 5.32 Å². The molecule has 0 fully saturated rings. The minimum atomic E-state index is 0.685. The van der Waals surface area contributed by atoms with E-state index < -0.39 is 0 Å². The van der Waals surface area contributed by atoms with E-state index in [9.17, 15) is 0 Å². The Bertz CT molecular complexity index is 123. The summed E-state index contributed by atoms with van der Waals surface area (Å²) in [6.07, 6.45) is 3.19. The van der Waals surface area contributed by atoms with Gasteiger partial charge in [-0.25, -0.2) is 0 Å². The second kappa shape index (κ2) is 8.64. The van der Waals surface area contributed by atoms with Crippen LogP contribution in [0.5, 0.6) is 0 Å². The normalized spacial score (nSPS) is 13.2. The number of rotatable bonds is 8. The molecule has 2 heteroatoms. The first-order valence-electron chi connectivity index (χ1n) is 5.14. The van der Waals surface area contributed by atoms with Crippen molar-refractivity contribution in [2.24, 2.45) is 5.92 Å². The second-order valence-corrected chi connectivity index (χ2v) is 4.73. The van der Waals surface area contributed by atoms with Gasteiger partial charge in [0.1, 0.15) is 0 Å². The molecule has 0 rings (SSSR count). The van der Waals surface area contributed by atoms with Gasteiger partial charge >= 0.3 is 0 Å². The molecule has 0 aromatic heterocycles. The molecular weight excluding hydrogens is 178 g/mol. The van der Waals surface area contributed by atoms with Crippen molar-refractivity contribution in [1.29, 1.82) is 0 Å². The zero-order valence-corrected chi connectivity index (χ0v) is 9.99. The van der Waals surface area contributed by atoms with Gasteiger partial charge < -0.3 is 5.32 Å². The predicted octanol–water partition coefficient (Wildman–Crippen LogP) is 2.93. The van der Waals surface area contributed by atoms with Crippen LogP contribution in [0.15, 0.2) is 12.7 Å². The van der Waals surface area contributed by atoms with Crippen molar-refractivity contribution in [3.63, 3.8) is 0 Å². The fourth-order valence-electron chi connectivity index (χ4n) is 1.33. The lowest BCUT2D eigenvalue weighted by molar-refractivity contribution is 0.398. The van der Waals surface area contributed by atoms with Crippen LogP contribution in [0.1, 0.15) is 27.2 Å². The van der Waals surface area contributed by atoms with Gasteiger partial charge in [-0.05, 0) is 12.3 Å². The molecule has 78 valence electrons. The van der Waals surface area contributed by atoms with Gasteiger partial charge in [0.2, 0.25) is 0 Å². The van der Waals surface area contributed by atoms with Crippen molar-refractivity contribution in [3.8, 4) is 0 Å². The summed E-state index contributed by atoms with van der Waals surface area (Å²) in [5.74, 6) is 3.00. The van der Waals surface area contributed by atoms with Gasteiger partial charge in [-0.2, -0.15) is 11.8 Å². The highest BCUT2D eigenvalue weighted by atomic mass is 32.2. The van der Waals surface area contributed by atoms with Crippen LogP contribution in [-0.2, 0) is 0 Å². The van der Waals surface area contributed by atoms with Crippen molar-refractivity contribution < 1.29 is 0 Å². The molecule has 0 aromatic carbocycles. The average Bonchev–Trinajstić information content (AvgIpc) is 2.10. The molecule has 0 aromatic rings. The lowest BCUT2D eigenvalue weighted by Gasteiger charge is -2.20. The highest BCUT2D eigenvalue weighted by molar-refractivity contribution is 7.99. The minimum absolute atomic E-state index is 0.685.